The van der Waals surface area contributed by atoms with E-state index in [2.05, 4.69) is 27.4 Å². The maximum absolute atomic E-state index is 4.43. The molecule has 0 spiro atoms. The van der Waals surface area contributed by atoms with E-state index < -0.39 is 0 Å². The average Bonchev–Trinajstić information content (AvgIpc) is 2.28. The van der Waals surface area contributed by atoms with E-state index in [1.165, 1.54) is 0 Å². The summed E-state index contributed by atoms with van der Waals surface area (Å²) in [6.07, 6.45) is 0. The molecule has 3 heteroatoms. The maximum atomic E-state index is 4.43. The molecule has 0 aliphatic carbocycles. The highest BCUT2D eigenvalue weighted by molar-refractivity contribution is 5.62. The molecule has 0 fully saturated rings. The summed E-state index contributed by atoms with van der Waals surface area (Å²) >= 11 is 0. The van der Waals surface area contributed by atoms with Gasteiger partial charge >= 0.3 is 0 Å². The minimum Gasteiger partial charge on any atom is -0.388 e. The number of hydrogen-bond donors (Lipinski definition) is 1. The largest absolute Gasteiger partial charge is 0.388 e. The molecule has 1 aromatic heterocycles. The van der Waals surface area contributed by atoms with Gasteiger partial charge in [-0.2, -0.15) is 0 Å². The van der Waals surface area contributed by atoms with Crippen molar-refractivity contribution in [1.29, 1.82) is 0 Å². The van der Waals surface area contributed by atoms with Gasteiger partial charge in [0.25, 0.3) is 0 Å². The van der Waals surface area contributed by atoms with E-state index in [-0.39, 0.29) is 0 Å². The van der Waals surface area contributed by atoms with E-state index in [4.69, 9.17) is 0 Å². The maximum Gasteiger partial charge on any atom is 0.126 e. The molecule has 0 bridgehead atoms. The normalized spacial score (nSPS) is 10.2. The number of nitrogens with zero attached hydrogens (tertiary/aromatic N) is 2. The van der Waals surface area contributed by atoms with E-state index in [1.807, 2.05) is 39.1 Å². The first-order valence-corrected chi connectivity index (χ1v) is 5.29. The van der Waals surface area contributed by atoms with E-state index in [1.54, 1.807) is 0 Å². The molecule has 0 saturated heterocycles. The third-order valence-electron chi connectivity index (χ3n) is 2.44. The molecule has 0 unspecified atom stereocenters. The topological polar surface area (TPSA) is 37.8 Å². The summed E-state index contributed by atoms with van der Waals surface area (Å²) in [5.74, 6) is 0.813. The number of rotatable bonds is 2. The van der Waals surface area contributed by atoms with Crippen molar-refractivity contribution in [3.05, 3.63) is 41.9 Å². The highest BCUT2D eigenvalue weighted by Gasteiger charge is 2.01. The summed E-state index contributed by atoms with van der Waals surface area (Å²) in [5.41, 5.74) is 4.20. The number of hydrogen-bond acceptors (Lipinski definition) is 3. The smallest absolute Gasteiger partial charge is 0.126 e. The first-order chi connectivity index (χ1) is 7.69. The van der Waals surface area contributed by atoms with Gasteiger partial charge in [0.1, 0.15) is 5.82 Å². The Labute approximate surface area is 95.6 Å². The number of aromatic nitrogens is 2. The minimum absolute atomic E-state index is 0.813. The fourth-order valence-corrected chi connectivity index (χ4v) is 1.67. The zero-order valence-corrected chi connectivity index (χ0v) is 9.78. The summed E-state index contributed by atoms with van der Waals surface area (Å²) in [6, 6.07) is 10.2. The van der Waals surface area contributed by atoms with Crippen LogP contribution in [0.1, 0.15) is 11.5 Å². The Morgan fingerprint density at radius 3 is 2.25 bits per heavy atom. The van der Waals surface area contributed by atoms with Crippen molar-refractivity contribution in [2.24, 2.45) is 0 Å². The van der Waals surface area contributed by atoms with Crippen molar-refractivity contribution in [2.75, 3.05) is 12.4 Å². The second kappa shape index (κ2) is 4.31. The van der Waals surface area contributed by atoms with Crippen LogP contribution in [0.25, 0.3) is 11.3 Å². The van der Waals surface area contributed by atoms with Crippen LogP contribution < -0.4 is 5.32 Å². The third-order valence-corrected chi connectivity index (χ3v) is 2.44. The molecule has 3 nitrogen and oxygen atoms in total. The molecular formula is C13H15N3. The van der Waals surface area contributed by atoms with E-state index in [0.717, 1.165) is 28.5 Å². The van der Waals surface area contributed by atoms with Gasteiger partial charge < -0.3 is 5.32 Å². The molecule has 0 saturated carbocycles. The van der Waals surface area contributed by atoms with Crippen molar-refractivity contribution < 1.29 is 0 Å². The van der Waals surface area contributed by atoms with Gasteiger partial charge in [0.2, 0.25) is 0 Å². The number of aryl methyl sites for hydroxylation is 2. The van der Waals surface area contributed by atoms with Crippen molar-refractivity contribution in [2.45, 2.75) is 13.8 Å². The summed E-state index contributed by atoms with van der Waals surface area (Å²) in [6.45, 7) is 3.90. The number of nitrogens with one attached hydrogen (secondary N) is 1. The molecule has 2 aromatic rings. The molecule has 1 heterocycles. The predicted octanol–water partition coefficient (Wildman–Crippen LogP) is 2.80. The lowest BCUT2D eigenvalue weighted by Gasteiger charge is -2.05. The van der Waals surface area contributed by atoms with Crippen LogP contribution in [0.15, 0.2) is 30.3 Å². The van der Waals surface area contributed by atoms with Crippen LogP contribution in [-0.2, 0) is 0 Å². The van der Waals surface area contributed by atoms with Gasteiger partial charge in [0.15, 0.2) is 0 Å². The van der Waals surface area contributed by atoms with E-state index in [0.29, 0.717) is 0 Å². The number of anilines is 1. The molecule has 16 heavy (non-hydrogen) atoms. The van der Waals surface area contributed by atoms with Crippen LogP contribution in [0.5, 0.6) is 0 Å². The lowest BCUT2D eigenvalue weighted by molar-refractivity contribution is 1.02. The SMILES string of the molecule is CNc1ccc(-c2cc(C)nc(C)n2)cc1. The van der Waals surface area contributed by atoms with Gasteiger partial charge in [-0.3, -0.25) is 0 Å². The fraction of sp³-hybridized carbons (Fsp3) is 0.231. The molecule has 0 amide bonds. The van der Waals surface area contributed by atoms with Gasteiger partial charge in [-0.1, -0.05) is 12.1 Å². The Kier molecular flexibility index (Phi) is 2.86. The van der Waals surface area contributed by atoms with E-state index >= 15 is 0 Å². The fourth-order valence-electron chi connectivity index (χ4n) is 1.67. The van der Waals surface area contributed by atoms with Crippen molar-refractivity contribution in [1.82, 2.24) is 9.97 Å². The lowest BCUT2D eigenvalue weighted by atomic mass is 10.1. The molecule has 82 valence electrons. The van der Waals surface area contributed by atoms with Gasteiger partial charge in [0.05, 0.1) is 5.69 Å². The Hall–Kier alpha value is -1.90. The van der Waals surface area contributed by atoms with Crippen LogP contribution >= 0.6 is 0 Å². The summed E-state index contributed by atoms with van der Waals surface area (Å²) < 4.78 is 0. The average molecular weight is 213 g/mol. The standard InChI is InChI=1S/C13H15N3/c1-9-8-13(16-10(2)15-9)11-4-6-12(14-3)7-5-11/h4-8,14H,1-3H3. The molecule has 1 N–H and O–H groups in total. The summed E-state index contributed by atoms with van der Waals surface area (Å²) in [7, 11) is 1.91. The summed E-state index contributed by atoms with van der Waals surface area (Å²) in [4.78, 5) is 8.70. The first-order valence-electron chi connectivity index (χ1n) is 5.29. The van der Waals surface area contributed by atoms with Crippen LogP contribution in [0, 0.1) is 13.8 Å². The molecule has 0 aliphatic heterocycles. The zero-order valence-electron chi connectivity index (χ0n) is 9.78. The van der Waals surface area contributed by atoms with Crippen molar-refractivity contribution in [3.8, 4) is 11.3 Å². The molecule has 0 atom stereocenters. The Balaban J connectivity index is 2.42. The van der Waals surface area contributed by atoms with Crippen LogP contribution in [0.3, 0.4) is 0 Å². The molecule has 0 aliphatic rings. The molecule has 2 rings (SSSR count). The van der Waals surface area contributed by atoms with E-state index in [9.17, 15) is 0 Å². The second-order valence-electron chi connectivity index (χ2n) is 3.77. The molecule has 0 radical (unpaired) electrons. The quantitative estimate of drug-likeness (QED) is 0.833. The van der Waals surface area contributed by atoms with Gasteiger partial charge in [0, 0.05) is 24.0 Å². The Morgan fingerprint density at radius 1 is 1.00 bits per heavy atom. The predicted molar refractivity (Wildman–Crippen MR) is 66.5 cm³/mol. The minimum atomic E-state index is 0.813. The van der Waals surface area contributed by atoms with Crippen LogP contribution in [0.2, 0.25) is 0 Å². The van der Waals surface area contributed by atoms with Crippen molar-refractivity contribution in [3.63, 3.8) is 0 Å². The highest BCUT2D eigenvalue weighted by Crippen LogP contribution is 2.19. The Morgan fingerprint density at radius 2 is 1.69 bits per heavy atom. The second-order valence-corrected chi connectivity index (χ2v) is 3.77. The molecular weight excluding hydrogens is 198 g/mol. The highest BCUT2D eigenvalue weighted by atomic mass is 14.9. The van der Waals surface area contributed by atoms with Gasteiger partial charge in [-0.05, 0) is 32.0 Å². The van der Waals surface area contributed by atoms with Crippen molar-refractivity contribution >= 4 is 5.69 Å². The lowest BCUT2D eigenvalue weighted by Crippen LogP contribution is -1.94. The van der Waals surface area contributed by atoms with Gasteiger partial charge in [-0.25, -0.2) is 9.97 Å². The number of benzene rings is 1. The zero-order chi connectivity index (χ0) is 11.5. The Bertz CT molecular complexity index is 469. The third kappa shape index (κ3) is 2.19. The first kappa shape index (κ1) is 10.6. The summed E-state index contributed by atoms with van der Waals surface area (Å²) in [5, 5.41) is 3.10. The van der Waals surface area contributed by atoms with Crippen LogP contribution in [0.4, 0.5) is 5.69 Å². The van der Waals surface area contributed by atoms with Crippen LogP contribution in [-0.4, -0.2) is 17.0 Å². The molecule has 1 aromatic carbocycles. The van der Waals surface area contributed by atoms with Gasteiger partial charge in [-0.15, -0.1) is 0 Å². The monoisotopic (exact) mass is 213 g/mol.